The maximum Gasteiger partial charge on any atom is 0.133 e. The summed E-state index contributed by atoms with van der Waals surface area (Å²) in [5.74, 6) is 1.43. The van der Waals surface area contributed by atoms with Crippen LogP contribution in [0, 0.1) is 5.92 Å². The van der Waals surface area contributed by atoms with E-state index in [0.717, 1.165) is 31.6 Å². The maximum atomic E-state index is 11.1. The summed E-state index contributed by atoms with van der Waals surface area (Å²) in [6.45, 7) is 1.26. The van der Waals surface area contributed by atoms with E-state index in [1.807, 2.05) is 0 Å². The Morgan fingerprint density at radius 2 is 1.86 bits per heavy atom. The molecular weight excluding hydrogens is 174 g/mol. The van der Waals surface area contributed by atoms with Gasteiger partial charge in [0.15, 0.2) is 0 Å². The zero-order chi connectivity index (χ0) is 9.97. The van der Waals surface area contributed by atoms with Gasteiger partial charge in [0.1, 0.15) is 5.78 Å². The second kappa shape index (κ2) is 4.43. The van der Waals surface area contributed by atoms with Gasteiger partial charge in [0.25, 0.3) is 0 Å². The molecule has 14 heavy (non-hydrogen) atoms. The van der Waals surface area contributed by atoms with Crippen LogP contribution in [0.1, 0.15) is 44.9 Å². The third-order valence-corrected chi connectivity index (χ3v) is 3.91. The topological polar surface area (TPSA) is 20.3 Å². The van der Waals surface area contributed by atoms with Crippen LogP contribution < -0.4 is 0 Å². The molecule has 0 bridgehead atoms. The molecule has 80 valence electrons. The van der Waals surface area contributed by atoms with Crippen LogP contribution >= 0.6 is 0 Å². The van der Waals surface area contributed by atoms with Crippen molar-refractivity contribution in [1.82, 2.24) is 4.90 Å². The molecule has 0 aromatic heterocycles. The molecule has 0 aliphatic heterocycles. The van der Waals surface area contributed by atoms with E-state index in [1.165, 1.54) is 25.8 Å². The van der Waals surface area contributed by atoms with Gasteiger partial charge in [0, 0.05) is 25.4 Å². The van der Waals surface area contributed by atoms with Gasteiger partial charge >= 0.3 is 0 Å². The Morgan fingerprint density at radius 1 is 1.21 bits per heavy atom. The summed E-state index contributed by atoms with van der Waals surface area (Å²) in [6.07, 6.45) is 8.12. The molecule has 2 aliphatic rings. The van der Waals surface area contributed by atoms with Gasteiger partial charge in [-0.3, -0.25) is 4.79 Å². The minimum Gasteiger partial charge on any atom is -0.303 e. The first-order valence-corrected chi connectivity index (χ1v) is 5.97. The fraction of sp³-hybridized carbons (Fsp3) is 0.917. The van der Waals surface area contributed by atoms with Crippen molar-refractivity contribution < 1.29 is 4.79 Å². The van der Waals surface area contributed by atoms with Crippen molar-refractivity contribution in [3.63, 3.8) is 0 Å². The van der Waals surface area contributed by atoms with Gasteiger partial charge in [-0.1, -0.05) is 6.42 Å². The number of Topliss-reactive ketones (excluding diaryl/α,β-unsaturated/α-hetero) is 1. The lowest BCUT2D eigenvalue weighted by atomic mass is 9.84. The standard InChI is InChI=1S/C12H21NO/c1-13(9-10-3-2-4-10)11-5-7-12(14)8-6-11/h10-11H,2-9H2,1H3. The molecule has 2 fully saturated rings. The lowest BCUT2D eigenvalue weighted by Gasteiger charge is -2.36. The van der Waals surface area contributed by atoms with E-state index < -0.39 is 0 Å². The SMILES string of the molecule is CN(CC1CCC1)C1CCC(=O)CC1. The minimum atomic E-state index is 0.471. The highest BCUT2D eigenvalue weighted by Gasteiger charge is 2.25. The predicted molar refractivity (Wildman–Crippen MR) is 57.2 cm³/mol. The minimum absolute atomic E-state index is 0.471. The number of ketones is 1. The zero-order valence-electron chi connectivity index (χ0n) is 9.17. The normalized spacial score (nSPS) is 25.4. The molecule has 0 amide bonds. The average Bonchev–Trinajstić information content (AvgIpc) is 2.12. The van der Waals surface area contributed by atoms with E-state index in [2.05, 4.69) is 11.9 Å². The second-order valence-corrected chi connectivity index (χ2v) is 5.01. The van der Waals surface area contributed by atoms with Crippen molar-refractivity contribution in [2.75, 3.05) is 13.6 Å². The van der Waals surface area contributed by atoms with Crippen molar-refractivity contribution in [3.8, 4) is 0 Å². The largest absolute Gasteiger partial charge is 0.303 e. The maximum absolute atomic E-state index is 11.1. The zero-order valence-corrected chi connectivity index (χ0v) is 9.17. The summed E-state index contributed by atoms with van der Waals surface area (Å²) in [5.41, 5.74) is 0. The molecule has 0 aromatic carbocycles. The van der Waals surface area contributed by atoms with Gasteiger partial charge in [-0.25, -0.2) is 0 Å². The molecule has 2 rings (SSSR count). The van der Waals surface area contributed by atoms with Gasteiger partial charge in [0.05, 0.1) is 0 Å². The molecule has 0 radical (unpaired) electrons. The van der Waals surface area contributed by atoms with Crippen LogP contribution in [0.3, 0.4) is 0 Å². The van der Waals surface area contributed by atoms with E-state index in [9.17, 15) is 4.79 Å². The first kappa shape index (κ1) is 10.2. The summed E-state index contributed by atoms with van der Waals surface area (Å²) in [6, 6.07) is 0.688. The first-order chi connectivity index (χ1) is 6.75. The van der Waals surface area contributed by atoms with E-state index >= 15 is 0 Å². The van der Waals surface area contributed by atoms with Gasteiger partial charge in [-0.05, 0) is 38.6 Å². The molecule has 0 heterocycles. The van der Waals surface area contributed by atoms with Gasteiger partial charge in [0.2, 0.25) is 0 Å². The summed E-state index contributed by atoms with van der Waals surface area (Å²) in [5, 5.41) is 0. The Balaban J connectivity index is 1.73. The summed E-state index contributed by atoms with van der Waals surface area (Å²) >= 11 is 0. The average molecular weight is 195 g/mol. The summed E-state index contributed by atoms with van der Waals surface area (Å²) < 4.78 is 0. The van der Waals surface area contributed by atoms with Gasteiger partial charge < -0.3 is 4.90 Å². The summed E-state index contributed by atoms with van der Waals surface area (Å²) in [4.78, 5) is 13.6. The molecule has 0 aromatic rings. The molecule has 2 heteroatoms. The molecule has 0 unspecified atom stereocenters. The van der Waals surface area contributed by atoms with E-state index in [-0.39, 0.29) is 0 Å². The number of nitrogens with zero attached hydrogens (tertiary/aromatic N) is 1. The Kier molecular flexibility index (Phi) is 3.22. The van der Waals surface area contributed by atoms with Crippen LogP contribution in [0.2, 0.25) is 0 Å². The van der Waals surface area contributed by atoms with Gasteiger partial charge in [-0.15, -0.1) is 0 Å². The highest BCUT2D eigenvalue weighted by Crippen LogP contribution is 2.29. The van der Waals surface area contributed by atoms with Crippen molar-refractivity contribution in [3.05, 3.63) is 0 Å². The Morgan fingerprint density at radius 3 is 2.36 bits per heavy atom. The summed E-state index contributed by atoms with van der Waals surface area (Å²) in [7, 11) is 2.23. The van der Waals surface area contributed by atoms with Crippen LogP contribution in [0.5, 0.6) is 0 Å². The smallest absolute Gasteiger partial charge is 0.133 e. The molecule has 0 spiro atoms. The molecule has 2 aliphatic carbocycles. The van der Waals surface area contributed by atoms with Gasteiger partial charge in [-0.2, -0.15) is 0 Å². The highest BCUT2D eigenvalue weighted by atomic mass is 16.1. The number of rotatable bonds is 3. The first-order valence-electron chi connectivity index (χ1n) is 5.97. The van der Waals surface area contributed by atoms with Crippen LogP contribution in [-0.4, -0.2) is 30.3 Å². The Hall–Kier alpha value is -0.370. The van der Waals surface area contributed by atoms with E-state index in [1.54, 1.807) is 0 Å². The fourth-order valence-corrected chi connectivity index (χ4v) is 2.60. The van der Waals surface area contributed by atoms with Crippen molar-refractivity contribution in [1.29, 1.82) is 0 Å². The monoisotopic (exact) mass is 195 g/mol. The van der Waals surface area contributed by atoms with Crippen LogP contribution in [0.25, 0.3) is 0 Å². The predicted octanol–water partition coefficient (Wildman–Crippen LogP) is 2.23. The van der Waals surface area contributed by atoms with Crippen LogP contribution in [-0.2, 0) is 4.79 Å². The van der Waals surface area contributed by atoms with Crippen molar-refractivity contribution >= 4 is 5.78 Å². The third-order valence-electron chi connectivity index (χ3n) is 3.91. The lowest BCUT2D eigenvalue weighted by molar-refractivity contribution is -0.121. The molecule has 2 nitrogen and oxygen atoms in total. The molecule has 0 N–H and O–H groups in total. The lowest BCUT2D eigenvalue weighted by Crippen LogP contribution is -2.39. The second-order valence-electron chi connectivity index (χ2n) is 5.01. The molecule has 2 saturated carbocycles. The highest BCUT2D eigenvalue weighted by molar-refractivity contribution is 5.79. The Labute approximate surface area is 86.7 Å². The number of hydrogen-bond donors (Lipinski definition) is 0. The molecular formula is C12H21NO. The fourth-order valence-electron chi connectivity index (χ4n) is 2.60. The molecule has 0 saturated heterocycles. The van der Waals surface area contributed by atoms with Crippen LogP contribution in [0.4, 0.5) is 0 Å². The van der Waals surface area contributed by atoms with E-state index in [4.69, 9.17) is 0 Å². The third kappa shape index (κ3) is 2.35. The van der Waals surface area contributed by atoms with Crippen molar-refractivity contribution in [2.45, 2.75) is 51.0 Å². The Bertz CT molecular complexity index is 200. The van der Waals surface area contributed by atoms with Crippen molar-refractivity contribution in [2.24, 2.45) is 5.92 Å². The quantitative estimate of drug-likeness (QED) is 0.688. The number of carbonyl (C=O) groups excluding carboxylic acids is 1. The number of hydrogen-bond acceptors (Lipinski definition) is 2. The number of carbonyl (C=O) groups is 1. The molecule has 0 atom stereocenters. The van der Waals surface area contributed by atoms with E-state index in [0.29, 0.717) is 11.8 Å². The van der Waals surface area contributed by atoms with Crippen LogP contribution in [0.15, 0.2) is 0 Å².